The first-order valence-electron chi connectivity index (χ1n) is 16.0. The molecule has 1 saturated heterocycles. The van der Waals surface area contributed by atoms with Crippen LogP contribution in [-0.4, -0.2) is 74.9 Å². The lowest BCUT2D eigenvalue weighted by Gasteiger charge is -2.25. The number of hydrogen-bond acceptors (Lipinski definition) is 9. The van der Waals surface area contributed by atoms with Gasteiger partial charge >= 0.3 is 0 Å². The van der Waals surface area contributed by atoms with Gasteiger partial charge in [-0.3, -0.25) is 24.3 Å². The molecule has 1 aromatic carbocycles. The Morgan fingerprint density at radius 3 is 2.69 bits per heavy atom. The smallest absolute Gasteiger partial charge is 0.291 e. The van der Waals surface area contributed by atoms with Gasteiger partial charge in [-0.05, 0) is 24.6 Å². The summed E-state index contributed by atoms with van der Waals surface area (Å²) in [5, 5.41) is 9.83. The third-order valence-corrected chi connectivity index (χ3v) is 9.59. The number of rotatable bonds is 12. The van der Waals surface area contributed by atoms with Crippen molar-refractivity contribution in [3.63, 3.8) is 0 Å². The fourth-order valence-electron chi connectivity index (χ4n) is 6.21. The largest absolute Gasteiger partial charge is 0.481 e. The molecule has 5 N–H and O–H groups in total. The van der Waals surface area contributed by atoms with Gasteiger partial charge in [0, 0.05) is 93.7 Å². The minimum atomic E-state index is -0.411. The van der Waals surface area contributed by atoms with Gasteiger partial charge in [-0.2, -0.15) is 0 Å². The third-order valence-electron chi connectivity index (χ3n) is 8.80. The van der Waals surface area contributed by atoms with Crippen LogP contribution in [0.3, 0.4) is 0 Å². The molecule has 3 amide bonds. The number of hydrogen-bond donors (Lipinski definition) is 4. The molecule has 0 spiro atoms. The second-order valence-electron chi connectivity index (χ2n) is 12.1. The van der Waals surface area contributed by atoms with Gasteiger partial charge in [0.25, 0.3) is 5.91 Å². The SMILES string of the molecule is COc1nc(-c2ccnc(-c3cccc(NC(=O)c4nc5c(n4C)CCN(CCC(N)=O)C5)c3Cl)c2Cl)ccc1CNC[C@@H]1CCC(=O)N1. The Balaban J connectivity index is 1.19. The number of pyridine rings is 2. The molecular formula is C34H37Cl2N9O4. The van der Waals surface area contributed by atoms with Gasteiger partial charge in [-0.1, -0.05) is 41.4 Å². The molecule has 13 nitrogen and oxygen atoms in total. The number of nitrogens with zero attached hydrogens (tertiary/aromatic N) is 5. The lowest BCUT2D eigenvalue weighted by Crippen LogP contribution is -2.35. The van der Waals surface area contributed by atoms with E-state index >= 15 is 0 Å². The molecule has 1 fully saturated rings. The monoisotopic (exact) mass is 705 g/mol. The average Bonchev–Trinajstić information content (AvgIpc) is 3.66. The number of benzene rings is 1. The second-order valence-corrected chi connectivity index (χ2v) is 12.8. The molecule has 256 valence electrons. The van der Waals surface area contributed by atoms with Crippen molar-refractivity contribution in [3.05, 3.63) is 75.4 Å². The molecule has 6 rings (SSSR count). The van der Waals surface area contributed by atoms with E-state index in [0.717, 1.165) is 29.9 Å². The number of anilines is 1. The minimum absolute atomic E-state index is 0.0810. The quantitative estimate of drug-likeness (QED) is 0.172. The van der Waals surface area contributed by atoms with Gasteiger partial charge in [0.2, 0.25) is 17.7 Å². The summed E-state index contributed by atoms with van der Waals surface area (Å²) >= 11 is 13.8. The Hall–Kier alpha value is -4.56. The zero-order chi connectivity index (χ0) is 34.7. The number of halogens is 2. The van der Waals surface area contributed by atoms with E-state index in [0.29, 0.717) is 78.1 Å². The molecule has 15 heteroatoms. The highest BCUT2D eigenvalue weighted by molar-refractivity contribution is 6.39. The van der Waals surface area contributed by atoms with Crippen molar-refractivity contribution >= 4 is 46.6 Å². The van der Waals surface area contributed by atoms with Crippen molar-refractivity contribution in [2.45, 2.75) is 44.8 Å². The number of ether oxygens (including phenoxy) is 1. The summed E-state index contributed by atoms with van der Waals surface area (Å²) in [6.45, 7) is 2.99. The Labute approximate surface area is 293 Å². The van der Waals surface area contributed by atoms with Gasteiger partial charge in [0.15, 0.2) is 5.82 Å². The van der Waals surface area contributed by atoms with E-state index in [1.54, 1.807) is 42.1 Å². The van der Waals surface area contributed by atoms with Crippen LogP contribution in [0.1, 0.15) is 46.8 Å². The van der Waals surface area contributed by atoms with Gasteiger partial charge in [0.05, 0.1) is 39.9 Å². The van der Waals surface area contributed by atoms with Gasteiger partial charge in [0.1, 0.15) is 0 Å². The number of carbonyl (C=O) groups excluding carboxylic acids is 3. The molecule has 3 aromatic heterocycles. The topological polar surface area (TPSA) is 169 Å². The van der Waals surface area contributed by atoms with Crippen LogP contribution in [0.25, 0.3) is 22.5 Å². The Bertz CT molecular complexity index is 1910. The van der Waals surface area contributed by atoms with Crippen LogP contribution in [0, 0.1) is 0 Å². The average molecular weight is 707 g/mol. The normalized spacial score (nSPS) is 15.9. The molecule has 4 aromatic rings. The molecule has 0 unspecified atom stereocenters. The summed E-state index contributed by atoms with van der Waals surface area (Å²) in [5.41, 5.74) is 10.5. The molecule has 1 atom stereocenters. The summed E-state index contributed by atoms with van der Waals surface area (Å²) in [5.74, 6) is 0.0267. The molecule has 49 heavy (non-hydrogen) atoms. The summed E-state index contributed by atoms with van der Waals surface area (Å²) in [6, 6.07) is 10.9. The number of primary amides is 1. The van der Waals surface area contributed by atoms with Gasteiger partial charge < -0.3 is 31.0 Å². The highest BCUT2D eigenvalue weighted by atomic mass is 35.5. The van der Waals surface area contributed by atoms with Crippen molar-refractivity contribution in [3.8, 4) is 28.4 Å². The van der Waals surface area contributed by atoms with Crippen LogP contribution in [0.5, 0.6) is 5.88 Å². The fourth-order valence-corrected chi connectivity index (χ4v) is 6.78. The van der Waals surface area contributed by atoms with E-state index in [-0.39, 0.29) is 35.1 Å². The molecule has 2 aliphatic heterocycles. The van der Waals surface area contributed by atoms with Gasteiger partial charge in [-0.25, -0.2) is 9.97 Å². The van der Waals surface area contributed by atoms with E-state index in [1.807, 2.05) is 19.2 Å². The number of nitrogens with two attached hydrogens (primary N) is 1. The van der Waals surface area contributed by atoms with Crippen molar-refractivity contribution < 1.29 is 19.1 Å². The maximum Gasteiger partial charge on any atom is 0.291 e. The minimum Gasteiger partial charge on any atom is -0.481 e. The van der Waals surface area contributed by atoms with E-state index < -0.39 is 5.91 Å². The maximum atomic E-state index is 13.5. The van der Waals surface area contributed by atoms with Crippen LogP contribution in [0.2, 0.25) is 10.0 Å². The predicted molar refractivity (Wildman–Crippen MR) is 186 cm³/mol. The zero-order valence-corrected chi connectivity index (χ0v) is 28.7. The van der Waals surface area contributed by atoms with E-state index in [4.69, 9.17) is 38.7 Å². The molecule has 0 saturated carbocycles. The Kier molecular flexibility index (Phi) is 10.4. The molecule has 5 heterocycles. The highest BCUT2D eigenvalue weighted by Gasteiger charge is 2.27. The Morgan fingerprint density at radius 2 is 1.94 bits per heavy atom. The number of imidazole rings is 1. The number of methoxy groups -OCH3 is 1. The van der Waals surface area contributed by atoms with Crippen LogP contribution in [0.4, 0.5) is 5.69 Å². The standard InChI is InChI=1S/C34H37Cl2N9O4/c1-44-26-11-14-45(15-12-27(37)46)18-25(26)41-32(44)33(48)42-24-5-3-4-22(29(24)35)31-30(36)21(10-13-39-31)23-8-6-19(34(43-23)49-2)16-38-17-20-7-9-28(47)40-20/h3-6,8,10,13,20,38H,7,9,11-12,14-18H2,1-2H3,(H2,37,46)(H,40,47)(H,42,48)/t20-/m0/s1. The van der Waals surface area contributed by atoms with Crippen molar-refractivity contribution in [2.75, 3.05) is 32.1 Å². The summed E-state index contributed by atoms with van der Waals surface area (Å²) in [6.07, 6.45) is 3.96. The van der Waals surface area contributed by atoms with E-state index in [9.17, 15) is 14.4 Å². The van der Waals surface area contributed by atoms with Crippen molar-refractivity contribution in [1.29, 1.82) is 0 Å². The van der Waals surface area contributed by atoms with Crippen LogP contribution >= 0.6 is 23.2 Å². The number of amides is 3. The molecule has 2 aliphatic rings. The second kappa shape index (κ2) is 14.9. The van der Waals surface area contributed by atoms with Crippen LogP contribution in [0.15, 0.2) is 42.6 Å². The van der Waals surface area contributed by atoms with E-state index in [2.05, 4.69) is 30.8 Å². The molecule has 0 aliphatic carbocycles. The van der Waals surface area contributed by atoms with Gasteiger partial charge in [-0.15, -0.1) is 0 Å². The number of fused-ring (bicyclic) bond motifs is 1. The summed E-state index contributed by atoms with van der Waals surface area (Å²) in [4.78, 5) is 52.2. The van der Waals surface area contributed by atoms with Crippen molar-refractivity contribution in [2.24, 2.45) is 12.8 Å². The maximum absolute atomic E-state index is 13.5. The highest BCUT2D eigenvalue weighted by Crippen LogP contribution is 2.40. The fraction of sp³-hybridized carbons (Fsp3) is 0.353. The van der Waals surface area contributed by atoms with Crippen LogP contribution < -0.4 is 26.4 Å². The van der Waals surface area contributed by atoms with Crippen LogP contribution in [-0.2, 0) is 36.1 Å². The summed E-state index contributed by atoms with van der Waals surface area (Å²) in [7, 11) is 3.38. The first-order chi connectivity index (χ1) is 23.6. The first-order valence-corrected chi connectivity index (χ1v) is 16.7. The van der Waals surface area contributed by atoms with Crippen molar-refractivity contribution in [1.82, 2.24) is 35.1 Å². The lowest BCUT2D eigenvalue weighted by atomic mass is 10.1. The van der Waals surface area contributed by atoms with E-state index in [1.165, 1.54) is 0 Å². The lowest BCUT2D eigenvalue weighted by molar-refractivity contribution is -0.119. The molecule has 0 radical (unpaired) electrons. The molecular weight excluding hydrogens is 669 g/mol. The number of aromatic nitrogens is 4. The zero-order valence-electron chi connectivity index (χ0n) is 27.2. The third kappa shape index (κ3) is 7.54. The summed E-state index contributed by atoms with van der Waals surface area (Å²) < 4.78 is 7.40. The predicted octanol–water partition coefficient (Wildman–Crippen LogP) is 3.71. The first kappa shape index (κ1) is 34.3. The molecule has 0 bridgehead atoms. The Morgan fingerprint density at radius 1 is 1.10 bits per heavy atom. The number of nitrogens with one attached hydrogen (secondary N) is 3. The number of carbonyl (C=O) groups is 3.